The fraction of sp³-hybridized carbons (Fsp3) is 0.278. The Hall–Kier alpha value is -2.44. The lowest BCUT2D eigenvalue weighted by atomic mass is 9.83. The molecule has 0 spiro atoms. The van der Waals surface area contributed by atoms with E-state index in [-0.39, 0.29) is 6.54 Å². The predicted octanol–water partition coefficient (Wildman–Crippen LogP) is 4.69. The Kier molecular flexibility index (Phi) is 5.15. The van der Waals surface area contributed by atoms with Crippen molar-refractivity contribution >= 4 is 5.91 Å². The van der Waals surface area contributed by atoms with E-state index in [0.717, 1.165) is 30.3 Å². The van der Waals surface area contributed by atoms with Crippen LogP contribution in [0.15, 0.2) is 42.5 Å². The maximum absolute atomic E-state index is 13.6. The van der Waals surface area contributed by atoms with Gasteiger partial charge in [0, 0.05) is 12.0 Å². The second kappa shape index (κ2) is 6.82. The molecule has 0 heterocycles. The number of benzene rings is 2. The largest absolute Gasteiger partial charge is 0.416 e. The van der Waals surface area contributed by atoms with Crippen molar-refractivity contribution in [1.29, 1.82) is 0 Å². The summed E-state index contributed by atoms with van der Waals surface area (Å²) < 4.78 is 65.7. The van der Waals surface area contributed by atoms with Gasteiger partial charge in [0.1, 0.15) is 17.2 Å². The highest BCUT2D eigenvalue weighted by atomic mass is 19.4. The first-order valence-electron chi connectivity index (χ1n) is 7.42. The molecule has 25 heavy (non-hydrogen) atoms. The molecule has 7 heteroatoms. The molecule has 0 fully saturated rings. The Labute approximate surface area is 141 Å². The standard InChI is InChI=1S/C18H16F5NO/c1-17(2,11-5-3-6-12(9-11)18(21,22)23)10-24-16(25)15-13(19)7-4-8-14(15)20/h3-9H,10H2,1-2H3,(H,24,25). The summed E-state index contributed by atoms with van der Waals surface area (Å²) >= 11 is 0. The third kappa shape index (κ3) is 4.35. The molecule has 134 valence electrons. The number of carbonyl (C=O) groups is 1. The van der Waals surface area contributed by atoms with E-state index in [1.807, 2.05) is 0 Å². The zero-order valence-corrected chi connectivity index (χ0v) is 13.5. The van der Waals surface area contributed by atoms with Crippen LogP contribution in [0.5, 0.6) is 0 Å². The van der Waals surface area contributed by atoms with Gasteiger partial charge in [0.25, 0.3) is 5.91 Å². The van der Waals surface area contributed by atoms with Gasteiger partial charge in [0.2, 0.25) is 0 Å². The lowest BCUT2D eigenvalue weighted by Crippen LogP contribution is -2.37. The van der Waals surface area contributed by atoms with Crippen molar-refractivity contribution < 1.29 is 26.7 Å². The number of halogens is 5. The molecule has 0 aliphatic carbocycles. The van der Waals surface area contributed by atoms with E-state index in [2.05, 4.69) is 5.32 Å². The minimum Gasteiger partial charge on any atom is -0.351 e. The van der Waals surface area contributed by atoms with E-state index < -0.39 is 40.3 Å². The monoisotopic (exact) mass is 357 g/mol. The molecule has 1 N–H and O–H groups in total. The van der Waals surface area contributed by atoms with Gasteiger partial charge in [-0.25, -0.2) is 8.78 Å². The van der Waals surface area contributed by atoms with Crippen molar-refractivity contribution in [3.8, 4) is 0 Å². The van der Waals surface area contributed by atoms with Crippen LogP contribution in [0, 0.1) is 11.6 Å². The molecule has 0 aliphatic heterocycles. The fourth-order valence-electron chi connectivity index (χ4n) is 2.32. The average molecular weight is 357 g/mol. The number of hydrogen-bond donors (Lipinski definition) is 1. The first-order valence-corrected chi connectivity index (χ1v) is 7.42. The topological polar surface area (TPSA) is 29.1 Å². The number of nitrogens with one attached hydrogen (secondary N) is 1. The van der Waals surface area contributed by atoms with Gasteiger partial charge >= 0.3 is 6.18 Å². The maximum atomic E-state index is 13.6. The number of alkyl halides is 3. The van der Waals surface area contributed by atoms with Gasteiger partial charge in [-0.3, -0.25) is 4.79 Å². The molecule has 0 atom stereocenters. The summed E-state index contributed by atoms with van der Waals surface area (Å²) in [6.45, 7) is 3.15. The number of rotatable bonds is 4. The zero-order chi connectivity index (χ0) is 18.8. The summed E-state index contributed by atoms with van der Waals surface area (Å²) in [7, 11) is 0. The van der Waals surface area contributed by atoms with Crippen LogP contribution in [0.2, 0.25) is 0 Å². The first kappa shape index (κ1) is 18.9. The summed E-state index contributed by atoms with van der Waals surface area (Å²) in [5.41, 5.74) is -2.05. The summed E-state index contributed by atoms with van der Waals surface area (Å²) in [6.07, 6.45) is -4.48. The number of amides is 1. The van der Waals surface area contributed by atoms with Gasteiger partial charge in [0.05, 0.1) is 5.56 Å². The lowest BCUT2D eigenvalue weighted by Gasteiger charge is -2.26. The normalized spacial score (nSPS) is 12.1. The van der Waals surface area contributed by atoms with Crippen LogP contribution in [-0.2, 0) is 11.6 Å². The molecule has 0 saturated heterocycles. The van der Waals surface area contributed by atoms with Crippen molar-refractivity contribution in [2.75, 3.05) is 6.54 Å². The van der Waals surface area contributed by atoms with E-state index in [0.29, 0.717) is 5.56 Å². The molecule has 0 saturated carbocycles. The molecule has 2 nitrogen and oxygen atoms in total. The van der Waals surface area contributed by atoms with Crippen molar-refractivity contribution in [2.24, 2.45) is 0 Å². The third-order valence-corrected chi connectivity index (χ3v) is 3.85. The highest BCUT2D eigenvalue weighted by molar-refractivity contribution is 5.94. The molecule has 2 aromatic rings. The number of hydrogen-bond acceptors (Lipinski definition) is 1. The molecule has 0 aromatic heterocycles. The van der Waals surface area contributed by atoms with Gasteiger partial charge in [-0.15, -0.1) is 0 Å². The Morgan fingerprint density at radius 3 is 2.04 bits per heavy atom. The van der Waals surface area contributed by atoms with Crippen molar-refractivity contribution in [1.82, 2.24) is 5.32 Å². The quantitative estimate of drug-likeness (QED) is 0.790. The summed E-state index contributed by atoms with van der Waals surface area (Å²) in [5, 5.41) is 2.38. The third-order valence-electron chi connectivity index (χ3n) is 3.85. The summed E-state index contributed by atoms with van der Waals surface area (Å²) in [5.74, 6) is -2.97. The van der Waals surface area contributed by atoms with Gasteiger partial charge in [-0.1, -0.05) is 38.1 Å². The number of carbonyl (C=O) groups excluding carboxylic acids is 1. The van der Waals surface area contributed by atoms with Crippen molar-refractivity contribution in [3.63, 3.8) is 0 Å². The van der Waals surface area contributed by atoms with E-state index in [1.165, 1.54) is 12.1 Å². The molecule has 0 radical (unpaired) electrons. The summed E-state index contributed by atoms with van der Waals surface area (Å²) in [4.78, 5) is 12.0. The smallest absolute Gasteiger partial charge is 0.351 e. The minimum absolute atomic E-state index is 0.0963. The van der Waals surface area contributed by atoms with Crippen molar-refractivity contribution in [3.05, 3.63) is 70.8 Å². The van der Waals surface area contributed by atoms with Gasteiger partial charge in [0.15, 0.2) is 0 Å². The molecule has 2 rings (SSSR count). The molecule has 0 bridgehead atoms. The minimum atomic E-state index is -4.48. The van der Waals surface area contributed by atoms with Crippen LogP contribution in [0.25, 0.3) is 0 Å². The Bertz CT molecular complexity index is 763. The van der Waals surface area contributed by atoms with Gasteiger partial charge < -0.3 is 5.32 Å². The molecule has 0 unspecified atom stereocenters. The zero-order valence-electron chi connectivity index (χ0n) is 13.5. The van der Waals surface area contributed by atoms with E-state index in [4.69, 9.17) is 0 Å². The Balaban J connectivity index is 2.18. The van der Waals surface area contributed by atoms with E-state index in [9.17, 15) is 26.7 Å². The SMILES string of the molecule is CC(C)(CNC(=O)c1c(F)cccc1F)c1cccc(C(F)(F)F)c1. The lowest BCUT2D eigenvalue weighted by molar-refractivity contribution is -0.137. The van der Waals surface area contributed by atoms with E-state index in [1.54, 1.807) is 13.8 Å². The first-order chi connectivity index (χ1) is 11.5. The highest BCUT2D eigenvalue weighted by Gasteiger charge is 2.32. The second-order valence-electron chi connectivity index (χ2n) is 6.24. The molecule has 2 aromatic carbocycles. The van der Waals surface area contributed by atoms with Gasteiger partial charge in [-0.05, 0) is 23.8 Å². The summed E-state index contributed by atoms with van der Waals surface area (Å²) in [6, 6.07) is 7.77. The van der Waals surface area contributed by atoms with Crippen LogP contribution >= 0.6 is 0 Å². The maximum Gasteiger partial charge on any atom is 0.416 e. The van der Waals surface area contributed by atoms with Crippen LogP contribution in [0.3, 0.4) is 0 Å². The Morgan fingerprint density at radius 1 is 0.960 bits per heavy atom. The van der Waals surface area contributed by atoms with Gasteiger partial charge in [-0.2, -0.15) is 13.2 Å². The molecular formula is C18H16F5NO. The second-order valence-corrected chi connectivity index (χ2v) is 6.24. The fourth-order valence-corrected chi connectivity index (χ4v) is 2.32. The van der Waals surface area contributed by atoms with Crippen LogP contribution < -0.4 is 5.32 Å². The van der Waals surface area contributed by atoms with Crippen LogP contribution in [-0.4, -0.2) is 12.5 Å². The highest BCUT2D eigenvalue weighted by Crippen LogP contribution is 2.32. The van der Waals surface area contributed by atoms with Crippen LogP contribution in [0.4, 0.5) is 22.0 Å². The average Bonchev–Trinajstić information content (AvgIpc) is 2.52. The molecule has 0 aliphatic rings. The Morgan fingerprint density at radius 2 is 1.48 bits per heavy atom. The molecular weight excluding hydrogens is 341 g/mol. The van der Waals surface area contributed by atoms with Crippen LogP contribution in [0.1, 0.15) is 35.3 Å². The molecule has 1 amide bonds. The van der Waals surface area contributed by atoms with E-state index >= 15 is 0 Å². The van der Waals surface area contributed by atoms with Crippen molar-refractivity contribution in [2.45, 2.75) is 25.4 Å². The predicted molar refractivity (Wildman–Crippen MR) is 83.2 cm³/mol.